The van der Waals surface area contributed by atoms with E-state index in [1.54, 1.807) is 0 Å². The van der Waals surface area contributed by atoms with E-state index in [9.17, 15) is 0 Å². The minimum atomic E-state index is 0. The maximum Gasteiger partial charge on any atom is 0.191 e. The summed E-state index contributed by atoms with van der Waals surface area (Å²) in [7, 11) is 1.96. The minimum absolute atomic E-state index is 0. The van der Waals surface area contributed by atoms with Gasteiger partial charge in [0.15, 0.2) is 5.96 Å². The van der Waals surface area contributed by atoms with E-state index in [2.05, 4.69) is 35.8 Å². The summed E-state index contributed by atoms with van der Waals surface area (Å²) in [6.45, 7) is 6.24. The van der Waals surface area contributed by atoms with E-state index < -0.39 is 0 Å². The highest BCUT2D eigenvalue weighted by Crippen LogP contribution is 2.23. The number of guanidine groups is 1. The van der Waals surface area contributed by atoms with Gasteiger partial charge in [0.05, 0.1) is 6.20 Å². The lowest BCUT2D eigenvalue weighted by Crippen LogP contribution is -2.44. The van der Waals surface area contributed by atoms with E-state index in [1.165, 1.54) is 31.2 Å². The smallest absolute Gasteiger partial charge is 0.191 e. The number of hydrogen-bond acceptors (Lipinski definition) is 2. The zero-order chi connectivity index (χ0) is 15.8. The molecule has 2 N–H and O–H groups in total. The van der Waals surface area contributed by atoms with Gasteiger partial charge < -0.3 is 10.6 Å². The average molecular weight is 433 g/mol. The van der Waals surface area contributed by atoms with Gasteiger partial charge in [-0.05, 0) is 56.9 Å². The van der Waals surface area contributed by atoms with Crippen LogP contribution >= 0.6 is 24.0 Å². The molecule has 132 valence electrons. The summed E-state index contributed by atoms with van der Waals surface area (Å²) in [5.41, 5.74) is 1.29. The Hall–Kier alpha value is -0.790. The van der Waals surface area contributed by atoms with Crippen LogP contribution in [0.25, 0.3) is 0 Å². The van der Waals surface area contributed by atoms with Crippen LogP contribution in [0.15, 0.2) is 17.4 Å². The normalized spacial score (nSPS) is 21.6. The zero-order valence-corrected chi connectivity index (χ0v) is 17.0. The molecule has 0 saturated heterocycles. The quantitative estimate of drug-likeness (QED) is 0.314. The molecule has 1 aliphatic rings. The number of aromatic nitrogens is 2. The fraction of sp³-hybridized carbons (Fsp3) is 0.765. The Morgan fingerprint density at radius 1 is 1.35 bits per heavy atom. The lowest BCUT2D eigenvalue weighted by Gasteiger charge is -2.28. The Balaban J connectivity index is 0.00000264. The van der Waals surface area contributed by atoms with Crippen LogP contribution in [0.1, 0.15) is 51.5 Å². The van der Waals surface area contributed by atoms with Crippen molar-refractivity contribution >= 4 is 29.9 Å². The number of rotatable bonds is 6. The minimum Gasteiger partial charge on any atom is -0.357 e. The molecule has 1 fully saturated rings. The van der Waals surface area contributed by atoms with E-state index in [0.717, 1.165) is 37.8 Å². The van der Waals surface area contributed by atoms with Crippen LogP contribution in [0.5, 0.6) is 0 Å². The maximum absolute atomic E-state index is 4.72. The van der Waals surface area contributed by atoms with E-state index in [-0.39, 0.29) is 24.0 Å². The summed E-state index contributed by atoms with van der Waals surface area (Å²) in [5.74, 6) is 1.87. The lowest BCUT2D eigenvalue weighted by atomic mass is 9.87. The first-order valence-corrected chi connectivity index (χ1v) is 8.69. The van der Waals surface area contributed by atoms with Gasteiger partial charge in [0.2, 0.25) is 0 Å². The molecule has 1 saturated carbocycles. The molecular formula is C17H32IN5. The average Bonchev–Trinajstić information content (AvgIpc) is 2.91. The Labute approximate surface area is 157 Å². The number of nitrogens with zero attached hydrogens (tertiary/aromatic N) is 3. The highest BCUT2D eigenvalue weighted by atomic mass is 127. The van der Waals surface area contributed by atoms with E-state index in [4.69, 9.17) is 4.99 Å². The zero-order valence-electron chi connectivity index (χ0n) is 14.7. The highest BCUT2D eigenvalue weighted by molar-refractivity contribution is 14.0. The van der Waals surface area contributed by atoms with Crippen molar-refractivity contribution in [3.8, 4) is 0 Å². The molecule has 0 unspecified atom stereocenters. The molecule has 1 heterocycles. The molecular weight excluding hydrogens is 401 g/mol. The number of aliphatic imine (C=N–C) groups is 1. The summed E-state index contributed by atoms with van der Waals surface area (Å²) >= 11 is 0. The van der Waals surface area contributed by atoms with Crippen molar-refractivity contribution in [2.45, 2.75) is 58.4 Å². The SMILES string of the molecule is CCNC(=NCCCc1cnn(C)c1)NC1CCC(C)CC1.I. The van der Waals surface area contributed by atoms with E-state index in [1.807, 2.05) is 17.9 Å². The monoisotopic (exact) mass is 433 g/mol. The first-order valence-electron chi connectivity index (χ1n) is 8.69. The molecule has 0 atom stereocenters. The molecule has 23 heavy (non-hydrogen) atoms. The summed E-state index contributed by atoms with van der Waals surface area (Å²) in [6, 6.07) is 0.590. The topological polar surface area (TPSA) is 54.2 Å². The van der Waals surface area contributed by atoms with Gasteiger partial charge in [-0.1, -0.05) is 6.92 Å². The van der Waals surface area contributed by atoms with Crippen molar-refractivity contribution in [3.05, 3.63) is 18.0 Å². The van der Waals surface area contributed by atoms with Gasteiger partial charge >= 0.3 is 0 Å². The second-order valence-corrected chi connectivity index (χ2v) is 6.49. The van der Waals surface area contributed by atoms with Crippen LogP contribution < -0.4 is 10.6 Å². The van der Waals surface area contributed by atoms with Crippen molar-refractivity contribution in [2.75, 3.05) is 13.1 Å². The van der Waals surface area contributed by atoms with Crippen LogP contribution in [0, 0.1) is 5.92 Å². The van der Waals surface area contributed by atoms with Gasteiger partial charge in [-0.3, -0.25) is 9.67 Å². The summed E-state index contributed by atoms with van der Waals surface area (Å²) in [4.78, 5) is 4.72. The number of hydrogen-bond donors (Lipinski definition) is 2. The van der Waals surface area contributed by atoms with Crippen molar-refractivity contribution < 1.29 is 0 Å². The molecule has 6 heteroatoms. The third-order valence-electron chi connectivity index (χ3n) is 4.35. The lowest BCUT2D eigenvalue weighted by molar-refractivity contribution is 0.329. The summed E-state index contributed by atoms with van der Waals surface area (Å²) < 4.78 is 1.86. The van der Waals surface area contributed by atoms with Crippen LogP contribution in [-0.4, -0.2) is 34.9 Å². The summed E-state index contributed by atoms with van der Waals surface area (Å²) in [5, 5.41) is 11.2. The first kappa shape index (κ1) is 20.3. The van der Waals surface area contributed by atoms with Crippen LogP contribution in [0.3, 0.4) is 0 Å². The second-order valence-electron chi connectivity index (χ2n) is 6.49. The molecule has 0 bridgehead atoms. The molecule has 0 aromatic carbocycles. The fourth-order valence-corrected chi connectivity index (χ4v) is 2.99. The van der Waals surface area contributed by atoms with Crippen LogP contribution in [0.4, 0.5) is 0 Å². The van der Waals surface area contributed by atoms with Crippen molar-refractivity contribution in [3.63, 3.8) is 0 Å². The Morgan fingerprint density at radius 3 is 2.70 bits per heavy atom. The number of halogens is 1. The van der Waals surface area contributed by atoms with Crippen molar-refractivity contribution in [2.24, 2.45) is 18.0 Å². The Bertz CT molecular complexity index is 463. The van der Waals surface area contributed by atoms with Gasteiger partial charge in [-0.25, -0.2) is 0 Å². The molecule has 1 aliphatic carbocycles. The third-order valence-corrected chi connectivity index (χ3v) is 4.35. The van der Waals surface area contributed by atoms with Gasteiger partial charge in [0.25, 0.3) is 0 Å². The third kappa shape index (κ3) is 7.54. The van der Waals surface area contributed by atoms with Crippen molar-refractivity contribution in [1.82, 2.24) is 20.4 Å². The molecule has 0 radical (unpaired) electrons. The largest absolute Gasteiger partial charge is 0.357 e. The van der Waals surface area contributed by atoms with E-state index in [0.29, 0.717) is 6.04 Å². The van der Waals surface area contributed by atoms with Gasteiger partial charge in [-0.2, -0.15) is 5.10 Å². The predicted octanol–water partition coefficient (Wildman–Crippen LogP) is 3.10. The molecule has 0 spiro atoms. The first-order chi connectivity index (χ1) is 10.7. The molecule has 1 aromatic rings. The van der Waals surface area contributed by atoms with Gasteiger partial charge in [0, 0.05) is 32.4 Å². The Morgan fingerprint density at radius 2 is 2.09 bits per heavy atom. The van der Waals surface area contributed by atoms with Gasteiger partial charge in [-0.15, -0.1) is 24.0 Å². The van der Waals surface area contributed by atoms with Crippen LogP contribution in [0.2, 0.25) is 0 Å². The maximum atomic E-state index is 4.72. The van der Waals surface area contributed by atoms with Crippen LogP contribution in [-0.2, 0) is 13.5 Å². The number of nitrogens with one attached hydrogen (secondary N) is 2. The Kier molecular flexibility index (Phi) is 9.59. The molecule has 2 rings (SSSR count). The predicted molar refractivity (Wildman–Crippen MR) is 107 cm³/mol. The fourth-order valence-electron chi connectivity index (χ4n) is 2.99. The highest BCUT2D eigenvalue weighted by Gasteiger charge is 2.18. The van der Waals surface area contributed by atoms with Crippen molar-refractivity contribution in [1.29, 1.82) is 0 Å². The standard InChI is InChI=1S/C17H31N5.HI/c1-4-18-17(21-16-9-7-14(2)8-10-16)19-11-5-6-15-12-20-22(3)13-15;/h12-14,16H,4-11H2,1-3H3,(H2,18,19,21);1H. The van der Waals surface area contributed by atoms with Gasteiger partial charge in [0.1, 0.15) is 0 Å². The molecule has 1 aromatic heterocycles. The molecule has 5 nitrogen and oxygen atoms in total. The molecule has 0 aliphatic heterocycles. The number of aryl methyl sites for hydroxylation is 2. The molecule has 0 amide bonds. The second kappa shape index (κ2) is 10.9. The summed E-state index contributed by atoms with van der Waals surface area (Å²) in [6.07, 6.45) is 11.3. The van der Waals surface area contributed by atoms with E-state index >= 15 is 0 Å².